The van der Waals surface area contributed by atoms with E-state index < -0.39 is 11.6 Å². The van der Waals surface area contributed by atoms with Gasteiger partial charge in [-0.1, -0.05) is 0 Å². The van der Waals surface area contributed by atoms with Gasteiger partial charge >= 0.3 is 12.1 Å². The number of carbonyl (C=O) groups excluding carboxylic acids is 2. The van der Waals surface area contributed by atoms with Crippen LogP contribution in [-0.2, 0) is 16.5 Å². The number of benzene rings is 1. The molecule has 1 aliphatic rings. The number of anilines is 1. The number of hydrogen-bond acceptors (Lipinski definition) is 6. The Morgan fingerprint density at radius 2 is 2.00 bits per heavy atom. The van der Waals surface area contributed by atoms with Gasteiger partial charge in [-0.15, -0.1) is 0 Å². The van der Waals surface area contributed by atoms with Gasteiger partial charge in [0.05, 0.1) is 18.7 Å². The fourth-order valence-corrected chi connectivity index (χ4v) is 3.52. The maximum Gasteiger partial charge on any atom is 0.410 e. The minimum absolute atomic E-state index is 0.0573. The van der Waals surface area contributed by atoms with Crippen LogP contribution in [0.3, 0.4) is 0 Å². The Hall–Kier alpha value is -2.77. The van der Waals surface area contributed by atoms with Crippen LogP contribution in [-0.4, -0.2) is 65.6 Å². The Kier molecular flexibility index (Phi) is 5.23. The number of methoxy groups -OCH3 is 1. The van der Waals surface area contributed by atoms with E-state index in [9.17, 15) is 9.59 Å². The van der Waals surface area contributed by atoms with Crippen LogP contribution in [0.15, 0.2) is 18.3 Å². The molecular weight excluding hydrogens is 360 g/mol. The lowest BCUT2D eigenvalue weighted by Crippen LogP contribution is -2.42. The van der Waals surface area contributed by atoms with Crippen molar-refractivity contribution in [1.29, 1.82) is 0 Å². The monoisotopic (exact) mass is 388 g/mol. The lowest BCUT2D eigenvalue weighted by atomic mass is 10.1. The van der Waals surface area contributed by atoms with Crippen molar-refractivity contribution in [2.75, 3.05) is 32.1 Å². The molecule has 1 saturated heterocycles. The smallest absolute Gasteiger partial charge is 0.410 e. The van der Waals surface area contributed by atoms with Crippen molar-refractivity contribution in [3.63, 3.8) is 0 Å². The minimum Gasteiger partial charge on any atom is -0.465 e. The van der Waals surface area contributed by atoms with Crippen LogP contribution in [0.5, 0.6) is 0 Å². The van der Waals surface area contributed by atoms with Crippen molar-refractivity contribution in [2.45, 2.75) is 38.8 Å². The number of rotatable bonds is 3. The summed E-state index contributed by atoms with van der Waals surface area (Å²) in [4.78, 5) is 28.3. The molecule has 152 valence electrons. The third-order valence-electron chi connectivity index (χ3n) is 4.91. The van der Waals surface area contributed by atoms with Crippen LogP contribution < -0.4 is 4.90 Å². The SMILES string of the molecule is COC(=O)c1ccc(N2CCC(N(C)C(=O)OC(C)(C)C)C2)c2cn(C)nc12. The summed E-state index contributed by atoms with van der Waals surface area (Å²) in [6.07, 6.45) is 2.44. The fourth-order valence-electron chi connectivity index (χ4n) is 3.52. The first kappa shape index (κ1) is 20.0. The molecule has 1 aromatic heterocycles. The Morgan fingerprint density at radius 1 is 1.29 bits per heavy atom. The highest BCUT2D eigenvalue weighted by Crippen LogP contribution is 2.32. The first-order valence-corrected chi connectivity index (χ1v) is 9.36. The van der Waals surface area contributed by atoms with Gasteiger partial charge in [-0.2, -0.15) is 5.10 Å². The molecule has 28 heavy (non-hydrogen) atoms. The molecule has 8 nitrogen and oxygen atoms in total. The number of nitrogens with zero attached hydrogens (tertiary/aromatic N) is 4. The third-order valence-corrected chi connectivity index (χ3v) is 4.91. The summed E-state index contributed by atoms with van der Waals surface area (Å²) in [5, 5.41) is 5.34. The Morgan fingerprint density at radius 3 is 2.64 bits per heavy atom. The largest absolute Gasteiger partial charge is 0.465 e. The predicted molar refractivity (Wildman–Crippen MR) is 107 cm³/mol. The Bertz CT molecular complexity index is 899. The second kappa shape index (κ2) is 7.33. The summed E-state index contributed by atoms with van der Waals surface area (Å²) in [6.45, 7) is 7.09. The zero-order valence-electron chi connectivity index (χ0n) is 17.4. The number of likely N-dealkylation sites (N-methyl/N-ethyl adjacent to an activating group) is 1. The minimum atomic E-state index is -0.519. The molecular formula is C20H28N4O4. The highest BCUT2D eigenvalue weighted by molar-refractivity contribution is 6.06. The van der Waals surface area contributed by atoms with Crippen LogP contribution in [0, 0.1) is 0 Å². The van der Waals surface area contributed by atoms with Crippen LogP contribution >= 0.6 is 0 Å². The standard InChI is InChI=1S/C20H28N4O4/c1-20(2,3)28-19(26)23(5)13-9-10-24(11-13)16-8-7-14(18(25)27-6)17-15(16)12-22(4)21-17/h7-8,12-13H,9-11H2,1-6H3. The molecule has 0 radical (unpaired) electrons. The lowest BCUT2D eigenvalue weighted by Gasteiger charge is -2.29. The molecule has 1 fully saturated rings. The summed E-state index contributed by atoms with van der Waals surface area (Å²) in [5.41, 5.74) is 1.55. The van der Waals surface area contributed by atoms with Gasteiger partial charge in [0.1, 0.15) is 11.1 Å². The van der Waals surface area contributed by atoms with E-state index in [-0.39, 0.29) is 12.1 Å². The second-order valence-electron chi connectivity index (χ2n) is 8.17. The van der Waals surface area contributed by atoms with Gasteiger partial charge < -0.3 is 19.3 Å². The van der Waals surface area contributed by atoms with Gasteiger partial charge in [0.25, 0.3) is 0 Å². The molecule has 2 heterocycles. The summed E-state index contributed by atoms with van der Waals surface area (Å²) in [5.74, 6) is -0.404. The molecule has 0 bridgehead atoms. The first-order valence-electron chi connectivity index (χ1n) is 9.36. The van der Waals surface area contributed by atoms with Gasteiger partial charge in [-0.3, -0.25) is 4.68 Å². The Labute approximate surface area is 165 Å². The van der Waals surface area contributed by atoms with E-state index in [1.807, 2.05) is 40.1 Å². The van der Waals surface area contributed by atoms with Gasteiger partial charge in [-0.25, -0.2) is 9.59 Å². The summed E-state index contributed by atoms with van der Waals surface area (Å²) in [7, 11) is 4.97. The molecule has 1 amide bonds. The molecule has 3 rings (SSSR count). The fraction of sp³-hybridized carbons (Fsp3) is 0.550. The molecule has 1 unspecified atom stereocenters. The van der Waals surface area contributed by atoms with Gasteiger partial charge in [0, 0.05) is 44.5 Å². The zero-order chi connectivity index (χ0) is 20.6. The number of carbonyl (C=O) groups is 2. The van der Waals surface area contributed by atoms with Gasteiger partial charge in [0.2, 0.25) is 0 Å². The van der Waals surface area contributed by atoms with E-state index in [4.69, 9.17) is 9.47 Å². The number of aromatic nitrogens is 2. The predicted octanol–water partition coefficient (Wildman–Crippen LogP) is 2.81. The molecule has 2 aromatic rings. The average molecular weight is 388 g/mol. The topological polar surface area (TPSA) is 76.9 Å². The molecule has 0 saturated carbocycles. The van der Waals surface area contributed by atoms with Crippen molar-refractivity contribution in [3.05, 3.63) is 23.9 Å². The van der Waals surface area contributed by atoms with Crippen molar-refractivity contribution in [1.82, 2.24) is 14.7 Å². The summed E-state index contributed by atoms with van der Waals surface area (Å²) in [6, 6.07) is 3.73. The summed E-state index contributed by atoms with van der Waals surface area (Å²) >= 11 is 0. The van der Waals surface area contributed by atoms with Crippen LogP contribution in [0.25, 0.3) is 10.9 Å². The number of hydrogen-bond donors (Lipinski definition) is 0. The van der Waals surface area contributed by atoms with Crippen molar-refractivity contribution in [3.8, 4) is 0 Å². The third kappa shape index (κ3) is 3.90. The second-order valence-corrected chi connectivity index (χ2v) is 8.17. The average Bonchev–Trinajstić information content (AvgIpc) is 3.24. The molecule has 0 N–H and O–H groups in total. The maximum absolute atomic E-state index is 12.4. The van der Waals surface area contributed by atoms with Crippen molar-refractivity contribution < 1.29 is 19.1 Å². The van der Waals surface area contributed by atoms with E-state index in [0.717, 1.165) is 24.0 Å². The number of esters is 1. The van der Waals surface area contributed by atoms with Crippen LogP contribution in [0.1, 0.15) is 37.6 Å². The maximum atomic E-state index is 12.4. The number of amides is 1. The molecule has 1 atom stereocenters. The van der Waals surface area contributed by atoms with Crippen molar-refractivity contribution >= 4 is 28.7 Å². The van der Waals surface area contributed by atoms with E-state index in [1.54, 1.807) is 22.7 Å². The molecule has 1 aromatic carbocycles. The van der Waals surface area contributed by atoms with Crippen molar-refractivity contribution in [2.24, 2.45) is 7.05 Å². The highest BCUT2D eigenvalue weighted by Gasteiger charge is 2.32. The molecule has 0 aliphatic carbocycles. The van der Waals surface area contributed by atoms with E-state index >= 15 is 0 Å². The van der Waals surface area contributed by atoms with Gasteiger partial charge in [0.15, 0.2) is 0 Å². The Balaban J connectivity index is 1.83. The van der Waals surface area contributed by atoms with E-state index in [1.165, 1.54) is 7.11 Å². The quantitative estimate of drug-likeness (QED) is 0.753. The number of fused-ring (bicyclic) bond motifs is 1. The highest BCUT2D eigenvalue weighted by atomic mass is 16.6. The first-order chi connectivity index (χ1) is 13.1. The zero-order valence-corrected chi connectivity index (χ0v) is 17.4. The van der Waals surface area contributed by atoms with Crippen LogP contribution in [0.2, 0.25) is 0 Å². The molecule has 1 aliphatic heterocycles. The number of aryl methyl sites for hydroxylation is 1. The summed E-state index contributed by atoms with van der Waals surface area (Å²) < 4.78 is 12.1. The normalized spacial score (nSPS) is 17.1. The van der Waals surface area contributed by atoms with Crippen LogP contribution in [0.4, 0.5) is 10.5 Å². The number of ether oxygens (including phenoxy) is 2. The lowest BCUT2D eigenvalue weighted by molar-refractivity contribution is 0.0237. The van der Waals surface area contributed by atoms with E-state index in [2.05, 4.69) is 10.00 Å². The molecule has 0 spiro atoms. The van der Waals surface area contributed by atoms with E-state index in [0.29, 0.717) is 17.6 Å². The van der Waals surface area contributed by atoms with Gasteiger partial charge in [-0.05, 0) is 39.3 Å². The molecule has 8 heteroatoms.